The monoisotopic (exact) mass is 394 g/mol. The fraction of sp³-hybridized carbons (Fsp3) is 0.333. The fourth-order valence-electron chi connectivity index (χ4n) is 3.28. The summed E-state index contributed by atoms with van der Waals surface area (Å²) in [7, 11) is 3.83. The summed E-state index contributed by atoms with van der Waals surface area (Å²) in [4.78, 5) is 21.8. The van der Waals surface area contributed by atoms with Crippen LogP contribution in [0.3, 0.4) is 0 Å². The lowest BCUT2D eigenvalue weighted by Crippen LogP contribution is -2.38. The van der Waals surface area contributed by atoms with Crippen molar-refractivity contribution >= 4 is 5.95 Å². The molecule has 1 atom stereocenters. The van der Waals surface area contributed by atoms with E-state index in [1.54, 1.807) is 30.6 Å². The molecule has 1 fully saturated rings. The van der Waals surface area contributed by atoms with Crippen molar-refractivity contribution < 1.29 is 9.13 Å². The van der Waals surface area contributed by atoms with Gasteiger partial charge in [0, 0.05) is 57.3 Å². The van der Waals surface area contributed by atoms with E-state index in [0.29, 0.717) is 36.1 Å². The number of halogens is 1. The SMILES string of the molecule is CN(C)c1ncc(CN2CCO[C@@H](c3cncc(-c4ccccc4F)n3)C2)cn1. The second kappa shape index (κ2) is 8.59. The summed E-state index contributed by atoms with van der Waals surface area (Å²) in [5, 5.41) is 0. The first-order chi connectivity index (χ1) is 14.1. The first kappa shape index (κ1) is 19.4. The van der Waals surface area contributed by atoms with Gasteiger partial charge in [0.2, 0.25) is 5.95 Å². The molecule has 0 saturated carbocycles. The molecule has 7 nitrogen and oxygen atoms in total. The van der Waals surface area contributed by atoms with Crippen molar-refractivity contribution in [3.05, 3.63) is 66.1 Å². The molecular formula is C21H23FN6O. The molecule has 150 valence electrons. The highest BCUT2D eigenvalue weighted by Crippen LogP contribution is 2.25. The Bertz CT molecular complexity index is 965. The van der Waals surface area contributed by atoms with Crippen molar-refractivity contribution in [2.24, 2.45) is 0 Å². The Morgan fingerprint density at radius 3 is 2.69 bits per heavy atom. The van der Waals surface area contributed by atoms with Crippen LogP contribution in [0.5, 0.6) is 0 Å². The number of rotatable bonds is 5. The first-order valence-electron chi connectivity index (χ1n) is 9.49. The Balaban J connectivity index is 1.47. The van der Waals surface area contributed by atoms with Gasteiger partial charge in [0.25, 0.3) is 0 Å². The molecule has 1 saturated heterocycles. The third-order valence-electron chi connectivity index (χ3n) is 4.78. The molecule has 3 aromatic rings. The summed E-state index contributed by atoms with van der Waals surface area (Å²) in [6.45, 7) is 2.80. The predicted molar refractivity (Wildman–Crippen MR) is 108 cm³/mol. The third kappa shape index (κ3) is 4.55. The van der Waals surface area contributed by atoms with E-state index in [2.05, 4.69) is 24.8 Å². The smallest absolute Gasteiger partial charge is 0.224 e. The molecule has 4 rings (SSSR count). The van der Waals surface area contributed by atoms with E-state index in [0.717, 1.165) is 18.7 Å². The maximum absolute atomic E-state index is 14.1. The van der Waals surface area contributed by atoms with E-state index >= 15 is 0 Å². The fourth-order valence-corrected chi connectivity index (χ4v) is 3.28. The lowest BCUT2D eigenvalue weighted by atomic mass is 10.1. The van der Waals surface area contributed by atoms with E-state index in [-0.39, 0.29) is 11.9 Å². The second-order valence-electron chi connectivity index (χ2n) is 7.19. The average molecular weight is 394 g/mol. The van der Waals surface area contributed by atoms with Crippen LogP contribution in [0.1, 0.15) is 17.4 Å². The van der Waals surface area contributed by atoms with E-state index in [4.69, 9.17) is 4.74 Å². The minimum absolute atomic E-state index is 0.218. The molecule has 1 aliphatic heterocycles. The summed E-state index contributed by atoms with van der Waals surface area (Å²) in [5.41, 5.74) is 2.69. The van der Waals surface area contributed by atoms with E-state index < -0.39 is 0 Å². The van der Waals surface area contributed by atoms with Gasteiger partial charge in [-0.2, -0.15) is 0 Å². The van der Waals surface area contributed by atoms with Gasteiger partial charge in [-0.15, -0.1) is 0 Å². The van der Waals surface area contributed by atoms with Crippen LogP contribution in [0.15, 0.2) is 49.1 Å². The zero-order chi connectivity index (χ0) is 20.2. The predicted octanol–water partition coefficient (Wildman–Crippen LogP) is 2.71. The van der Waals surface area contributed by atoms with Crippen molar-refractivity contribution in [1.82, 2.24) is 24.8 Å². The van der Waals surface area contributed by atoms with Gasteiger partial charge < -0.3 is 9.64 Å². The topological polar surface area (TPSA) is 67.3 Å². The lowest BCUT2D eigenvalue weighted by Gasteiger charge is -2.32. The van der Waals surface area contributed by atoms with E-state index in [1.165, 1.54) is 6.07 Å². The molecule has 0 N–H and O–H groups in total. The van der Waals surface area contributed by atoms with Crippen LogP contribution in [0.4, 0.5) is 10.3 Å². The average Bonchev–Trinajstić information content (AvgIpc) is 2.75. The molecule has 0 aliphatic carbocycles. The molecule has 0 radical (unpaired) electrons. The zero-order valence-electron chi connectivity index (χ0n) is 16.5. The Morgan fingerprint density at radius 2 is 1.93 bits per heavy atom. The summed E-state index contributed by atoms with van der Waals surface area (Å²) in [6, 6.07) is 6.57. The number of morpholine rings is 1. The highest BCUT2D eigenvalue weighted by molar-refractivity contribution is 5.58. The van der Waals surface area contributed by atoms with Crippen molar-refractivity contribution in [3.63, 3.8) is 0 Å². The Hall–Kier alpha value is -2.97. The number of nitrogens with zero attached hydrogens (tertiary/aromatic N) is 6. The molecular weight excluding hydrogens is 371 g/mol. The molecule has 3 heterocycles. The molecule has 1 aromatic carbocycles. The van der Waals surface area contributed by atoms with Crippen LogP contribution >= 0.6 is 0 Å². The minimum atomic E-state index is -0.314. The van der Waals surface area contributed by atoms with Gasteiger partial charge in [-0.1, -0.05) is 12.1 Å². The van der Waals surface area contributed by atoms with Gasteiger partial charge in [0.15, 0.2) is 0 Å². The Labute approximate surface area is 169 Å². The van der Waals surface area contributed by atoms with Crippen LogP contribution in [0, 0.1) is 5.82 Å². The lowest BCUT2D eigenvalue weighted by molar-refractivity contribution is -0.0351. The third-order valence-corrected chi connectivity index (χ3v) is 4.78. The number of aromatic nitrogens is 4. The molecule has 0 unspecified atom stereocenters. The first-order valence-corrected chi connectivity index (χ1v) is 9.49. The van der Waals surface area contributed by atoms with Crippen molar-refractivity contribution in [1.29, 1.82) is 0 Å². The van der Waals surface area contributed by atoms with Gasteiger partial charge in [-0.3, -0.25) is 9.88 Å². The Kier molecular flexibility index (Phi) is 5.73. The molecule has 0 spiro atoms. The molecule has 29 heavy (non-hydrogen) atoms. The van der Waals surface area contributed by atoms with Gasteiger partial charge in [-0.25, -0.2) is 19.3 Å². The summed E-state index contributed by atoms with van der Waals surface area (Å²) >= 11 is 0. The van der Waals surface area contributed by atoms with Crippen LogP contribution in [-0.4, -0.2) is 58.6 Å². The molecule has 2 aromatic heterocycles. The maximum atomic E-state index is 14.1. The summed E-state index contributed by atoms with van der Waals surface area (Å²) in [6.07, 6.45) is 6.75. The summed E-state index contributed by atoms with van der Waals surface area (Å²) in [5.74, 6) is 0.375. The number of hydrogen-bond donors (Lipinski definition) is 0. The number of anilines is 1. The van der Waals surface area contributed by atoms with Gasteiger partial charge in [0.1, 0.15) is 11.9 Å². The molecule has 0 amide bonds. The van der Waals surface area contributed by atoms with Crippen molar-refractivity contribution in [2.75, 3.05) is 38.7 Å². The van der Waals surface area contributed by atoms with E-state index in [1.807, 2.05) is 31.4 Å². The van der Waals surface area contributed by atoms with Crippen LogP contribution < -0.4 is 4.90 Å². The van der Waals surface area contributed by atoms with Gasteiger partial charge in [-0.05, 0) is 12.1 Å². The minimum Gasteiger partial charge on any atom is -0.369 e. The van der Waals surface area contributed by atoms with Crippen LogP contribution in [-0.2, 0) is 11.3 Å². The van der Waals surface area contributed by atoms with Crippen LogP contribution in [0.2, 0.25) is 0 Å². The number of hydrogen-bond acceptors (Lipinski definition) is 7. The Morgan fingerprint density at radius 1 is 1.14 bits per heavy atom. The second-order valence-corrected chi connectivity index (χ2v) is 7.19. The highest BCUT2D eigenvalue weighted by Gasteiger charge is 2.24. The van der Waals surface area contributed by atoms with Gasteiger partial charge >= 0.3 is 0 Å². The van der Waals surface area contributed by atoms with Gasteiger partial charge in [0.05, 0.1) is 30.4 Å². The zero-order valence-corrected chi connectivity index (χ0v) is 16.5. The molecule has 8 heteroatoms. The standard InChI is InChI=1S/C21H23FN6O/c1-27(2)21-24-9-15(10-25-21)13-28-7-8-29-20(14-28)19-12-23-11-18(26-19)16-5-3-4-6-17(16)22/h3-6,9-12,20H,7-8,13-14H2,1-2H3/t20-/m1/s1. The quantitative estimate of drug-likeness (QED) is 0.659. The van der Waals surface area contributed by atoms with E-state index in [9.17, 15) is 4.39 Å². The maximum Gasteiger partial charge on any atom is 0.224 e. The summed E-state index contributed by atoms with van der Waals surface area (Å²) < 4.78 is 20.0. The normalized spacial score (nSPS) is 17.3. The molecule has 0 bridgehead atoms. The molecule has 1 aliphatic rings. The van der Waals surface area contributed by atoms with Crippen molar-refractivity contribution in [2.45, 2.75) is 12.6 Å². The van der Waals surface area contributed by atoms with Crippen molar-refractivity contribution in [3.8, 4) is 11.3 Å². The largest absolute Gasteiger partial charge is 0.369 e. The van der Waals surface area contributed by atoms with Crippen LogP contribution in [0.25, 0.3) is 11.3 Å². The number of ether oxygens (including phenoxy) is 1. The number of benzene rings is 1. The highest BCUT2D eigenvalue weighted by atomic mass is 19.1.